The molecule has 2 atom stereocenters. The quantitative estimate of drug-likeness (QED) is 0.733. The molecule has 2 aromatic rings. The van der Waals surface area contributed by atoms with E-state index < -0.39 is 0 Å². The van der Waals surface area contributed by atoms with Gasteiger partial charge in [0, 0.05) is 41.0 Å². The molecule has 2 N–H and O–H groups in total. The zero-order valence-corrected chi connectivity index (χ0v) is 17.7. The first-order valence-electron chi connectivity index (χ1n) is 11.5. The van der Waals surface area contributed by atoms with Crippen LogP contribution in [0, 0.1) is 24.7 Å². The molecule has 158 valence electrons. The minimum absolute atomic E-state index is 0.192. The van der Waals surface area contributed by atoms with Gasteiger partial charge in [-0.1, -0.05) is 12.8 Å². The van der Waals surface area contributed by atoms with E-state index in [9.17, 15) is 4.79 Å². The predicted molar refractivity (Wildman–Crippen MR) is 118 cm³/mol. The number of piperidine rings is 1. The Morgan fingerprint density at radius 1 is 1.00 bits per heavy atom. The molecule has 5 rings (SSSR count). The van der Waals surface area contributed by atoms with E-state index in [1.165, 1.54) is 25.7 Å². The number of hydrogen-bond acceptors (Lipinski definition) is 4. The van der Waals surface area contributed by atoms with Crippen LogP contribution in [0.1, 0.15) is 55.8 Å². The van der Waals surface area contributed by atoms with Crippen molar-refractivity contribution in [2.75, 3.05) is 18.4 Å². The number of hydrogen-bond donors (Lipinski definition) is 2. The first kappa shape index (κ1) is 19.6. The van der Waals surface area contributed by atoms with Gasteiger partial charge < -0.3 is 15.4 Å². The summed E-state index contributed by atoms with van der Waals surface area (Å²) in [5.41, 5.74) is 2.95. The second-order valence-electron chi connectivity index (χ2n) is 9.15. The highest BCUT2D eigenvalue weighted by Gasteiger charge is 2.54. The Bertz CT molecular complexity index is 893. The molecule has 2 saturated carbocycles. The second kappa shape index (κ2) is 8.38. The van der Waals surface area contributed by atoms with Crippen molar-refractivity contribution in [3.63, 3.8) is 0 Å². The van der Waals surface area contributed by atoms with E-state index in [4.69, 9.17) is 9.72 Å². The summed E-state index contributed by atoms with van der Waals surface area (Å²) in [5, 5.41) is 6.51. The van der Waals surface area contributed by atoms with E-state index in [2.05, 4.69) is 16.7 Å². The van der Waals surface area contributed by atoms with E-state index in [1.54, 1.807) is 0 Å². The summed E-state index contributed by atoms with van der Waals surface area (Å²) < 4.78 is 6.12. The Morgan fingerprint density at radius 2 is 1.70 bits per heavy atom. The Morgan fingerprint density at radius 3 is 2.40 bits per heavy atom. The number of carbonyl (C=O) groups is 1. The Labute approximate surface area is 178 Å². The monoisotopic (exact) mass is 405 g/mol. The van der Waals surface area contributed by atoms with E-state index in [0.29, 0.717) is 17.8 Å². The summed E-state index contributed by atoms with van der Waals surface area (Å²) in [6.07, 6.45) is 7.25. The van der Waals surface area contributed by atoms with Crippen LogP contribution < -0.4 is 15.4 Å². The number of fused-ring (bicyclic) bond motifs is 1. The van der Waals surface area contributed by atoms with Crippen molar-refractivity contribution in [2.45, 2.75) is 51.4 Å². The SMILES string of the molecule is Cc1cc(Oc2ccc(NC(=O)C3[C@H]4CCCC[C@H]34)cc2)cc(C2CCNCC2)n1. The van der Waals surface area contributed by atoms with Gasteiger partial charge >= 0.3 is 0 Å². The molecule has 2 aliphatic carbocycles. The van der Waals surface area contributed by atoms with Gasteiger partial charge in [-0.2, -0.15) is 0 Å². The number of nitrogens with one attached hydrogen (secondary N) is 2. The number of pyridine rings is 1. The van der Waals surface area contributed by atoms with Crippen molar-refractivity contribution in [1.29, 1.82) is 0 Å². The maximum absolute atomic E-state index is 12.6. The van der Waals surface area contributed by atoms with Crippen molar-refractivity contribution in [2.24, 2.45) is 17.8 Å². The summed E-state index contributed by atoms with van der Waals surface area (Å²) in [4.78, 5) is 17.3. The van der Waals surface area contributed by atoms with Gasteiger partial charge in [0.1, 0.15) is 11.5 Å². The summed E-state index contributed by atoms with van der Waals surface area (Å²) >= 11 is 0. The van der Waals surface area contributed by atoms with Crippen LogP contribution in [-0.2, 0) is 4.79 Å². The van der Waals surface area contributed by atoms with Gasteiger partial charge in [-0.15, -0.1) is 0 Å². The molecule has 1 aliphatic heterocycles. The molecular formula is C25H31N3O2. The van der Waals surface area contributed by atoms with Gasteiger partial charge in [0.2, 0.25) is 5.91 Å². The lowest BCUT2D eigenvalue weighted by molar-refractivity contribution is -0.117. The number of aryl methyl sites for hydroxylation is 1. The Balaban J connectivity index is 1.22. The number of amides is 1. The van der Waals surface area contributed by atoms with Crippen LogP contribution in [0.15, 0.2) is 36.4 Å². The number of anilines is 1. The van der Waals surface area contributed by atoms with Gasteiger partial charge in [0.25, 0.3) is 0 Å². The Hall–Kier alpha value is -2.40. The van der Waals surface area contributed by atoms with E-state index in [1.807, 2.05) is 37.3 Å². The minimum atomic E-state index is 0.192. The number of carbonyl (C=O) groups excluding carboxylic acids is 1. The van der Waals surface area contributed by atoms with Crippen molar-refractivity contribution in [3.8, 4) is 11.5 Å². The second-order valence-corrected chi connectivity index (χ2v) is 9.15. The highest BCUT2D eigenvalue weighted by Crippen LogP contribution is 2.55. The lowest BCUT2D eigenvalue weighted by Crippen LogP contribution is -2.27. The van der Waals surface area contributed by atoms with Crippen molar-refractivity contribution < 1.29 is 9.53 Å². The standard InChI is InChI=1S/C25H31N3O2/c1-16-14-20(15-23(27-16)17-10-12-26-13-11-17)30-19-8-6-18(7-9-19)28-25(29)24-21-4-2-3-5-22(21)24/h6-9,14-15,17,21-22,24,26H,2-5,10-13H2,1H3,(H,28,29)/t21-,22-/m0/s1. The van der Waals surface area contributed by atoms with Crippen LogP contribution in [0.3, 0.4) is 0 Å². The molecule has 1 amide bonds. The smallest absolute Gasteiger partial charge is 0.228 e. The normalized spacial score (nSPS) is 26.0. The highest BCUT2D eigenvalue weighted by molar-refractivity contribution is 5.94. The van der Waals surface area contributed by atoms with Gasteiger partial charge in [-0.05, 0) is 81.8 Å². The third kappa shape index (κ3) is 4.22. The summed E-state index contributed by atoms with van der Waals surface area (Å²) in [5.74, 6) is 3.78. The minimum Gasteiger partial charge on any atom is -0.457 e. The molecule has 1 aromatic carbocycles. The molecule has 3 fully saturated rings. The van der Waals surface area contributed by atoms with Gasteiger partial charge in [0.05, 0.1) is 0 Å². The lowest BCUT2D eigenvalue weighted by atomic mass is 9.94. The third-order valence-corrected chi connectivity index (χ3v) is 7.02. The largest absolute Gasteiger partial charge is 0.457 e. The maximum Gasteiger partial charge on any atom is 0.228 e. The maximum atomic E-state index is 12.6. The highest BCUT2D eigenvalue weighted by atomic mass is 16.5. The van der Waals surface area contributed by atoms with E-state index >= 15 is 0 Å². The van der Waals surface area contributed by atoms with Crippen LogP contribution in [0.5, 0.6) is 11.5 Å². The summed E-state index contributed by atoms with van der Waals surface area (Å²) in [7, 11) is 0. The van der Waals surface area contributed by atoms with Crippen LogP contribution in [0.25, 0.3) is 0 Å². The van der Waals surface area contributed by atoms with Crippen molar-refractivity contribution in [1.82, 2.24) is 10.3 Å². The topological polar surface area (TPSA) is 63.2 Å². The zero-order valence-electron chi connectivity index (χ0n) is 17.7. The fourth-order valence-electron chi connectivity index (χ4n) is 5.40. The van der Waals surface area contributed by atoms with E-state index in [-0.39, 0.29) is 11.8 Å². The molecular weight excluding hydrogens is 374 g/mol. The molecule has 2 heterocycles. The summed E-state index contributed by atoms with van der Waals surface area (Å²) in [6, 6.07) is 11.8. The van der Waals surface area contributed by atoms with Crippen molar-refractivity contribution in [3.05, 3.63) is 47.8 Å². The van der Waals surface area contributed by atoms with Crippen LogP contribution in [0.2, 0.25) is 0 Å². The molecule has 0 spiro atoms. The van der Waals surface area contributed by atoms with Crippen LogP contribution in [0.4, 0.5) is 5.69 Å². The molecule has 5 heteroatoms. The molecule has 30 heavy (non-hydrogen) atoms. The van der Waals surface area contributed by atoms with Gasteiger partial charge in [0.15, 0.2) is 0 Å². The fourth-order valence-corrected chi connectivity index (χ4v) is 5.40. The van der Waals surface area contributed by atoms with Crippen molar-refractivity contribution >= 4 is 11.6 Å². The van der Waals surface area contributed by atoms with E-state index in [0.717, 1.165) is 54.5 Å². The number of rotatable bonds is 5. The number of nitrogens with zero attached hydrogens (tertiary/aromatic N) is 1. The number of aromatic nitrogens is 1. The molecule has 1 saturated heterocycles. The molecule has 0 unspecified atom stereocenters. The average molecular weight is 406 g/mol. The van der Waals surface area contributed by atoms with Gasteiger partial charge in [-0.25, -0.2) is 0 Å². The first-order chi connectivity index (χ1) is 14.7. The number of benzene rings is 1. The third-order valence-electron chi connectivity index (χ3n) is 7.02. The molecule has 5 nitrogen and oxygen atoms in total. The van der Waals surface area contributed by atoms with Crippen LogP contribution in [-0.4, -0.2) is 24.0 Å². The molecule has 0 radical (unpaired) electrons. The predicted octanol–water partition coefficient (Wildman–Crippen LogP) is 5.02. The van der Waals surface area contributed by atoms with Crippen LogP contribution >= 0.6 is 0 Å². The molecule has 3 aliphatic rings. The fraction of sp³-hybridized carbons (Fsp3) is 0.520. The average Bonchev–Trinajstić information content (AvgIpc) is 3.50. The van der Waals surface area contributed by atoms with Gasteiger partial charge in [-0.3, -0.25) is 9.78 Å². The first-order valence-corrected chi connectivity index (χ1v) is 11.5. The summed E-state index contributed by atoms with van der Waals surface area (Å²) in [6.45, 7) is 4.11. The number of ether oxygens (including phenoxy) is 1. The molecule has 1 aromatic heterocycles. The lowest BCUT2D eigenvalue weighted by Gasteiger charge is -2.22. The zero-order chi connectivity index (χ0) is 20.5. The molecule has 0 bridgehead atoms. The Kier molecular flexibility index (Phi) is 5.47.